The number of aromatic nitrogens is 2. The fourth-order valence-corrected chi connectivity index (χ4v) is 2.97. The largest absolute Gasteiger partial charge is 0.479 e. The molecule has 0 fully saturated rings. The Balaban J connectivity index is 2.31. The number of nitrogens with zero attached hydrogens (tertiary/aromatic N) is 3. The van der Waals surface area contributed by atoms with Gasteiger partial charge < -0.3 is 4.74 Å². The minimum atomic E-state index is -3.23. The van der Waals surface area contributed by atoms with Gasteiger partial charge in [0.15, 0.2) is 11.9 Å². The van der Waals surface area contributed by atoms with Gasteiger partial charge in [-0.15, -0.1) is 6.42 Å². The summed E-state index contributed by atoms with van der Waals surface area (Å²) in [6.45, 7) is -0.796. The summed E-state index contributed by atoms with van der Waals surface area (Å²) in [7, 11) is 0. The Kier molecular flexibility index (Phi) is 4.77. The molecule has 1 aromatic carbocycles. The number of carbonyl (C=O) groups excluding carboxylic acids is 1. The van der Waals surface area contributed by atoms with Crippen LogP contribution in [0.3, 0.4) is 0 Å². The molecule has 0 N–H and O–H groups in total. The van der Waals surface area contributed by atoms with Crippen molar-refractivity contribution in [3.63, 3.8) is 0 Å². The zero-order valence-electron chi connectivity index (χ0n) is 14.8. The van der Waals surface area contributed by atoms with Gasteiger partial charge in [0, 0.05) is 17.8 Å². The van der Waals surface area contributed by atoms with E-state index in [1.807, 2.05) is 0 Å². The average Bonchev–Trinajstić information content (AvgIpc) is 2.59. The van der Waals surface area contributed by atoms with Crippen LogP contribution < -0.4 is 20.9 Å². The monoisotopic (exact) mass is 393 g/mol. The molecule has 0 aliphatic carbocycles. The summed E-state index contributed by atoms with van der Waals surface area (Å²) in [5.74, 6) is 0.675. The van der Waals surface area contributed by atoms with Crippen molar-refractivity contribution in [2.24, 2.45) is 0 Å². The van der Waals surface area contributed by atoms with Crippen LogP contribution in [0.1, 0.15) is 19.2 Å². The van der Waals surface area contributed by atoms with Crippen LogP contribution in [0, 0.1) is 25.1 Å². The van der Waals surface area contributed by atoms with Crippen LogP contribution in [0.25, 0.3) is 5.69 Å². The van der Waals surface area contributed by atoms with Crippen molar-refractivity contribution in [1.29, 1.82) is 0 Å². The number of ether oxygens (including phenoxy) is 1. The summed E-state index contributed by atoms with van der Waals surface area (Å²) in [4.78, 5) is 38.1. The Morgan fingerprint density at radius 1 is 1.21 bits per heavy atom. The molecule has 1 unspecified atom stereocenters. The van der Waals surface area contributed by atoms with Gasteiger partial charge >= 0.3 is 12.2 Å². The smallest absolute Gasteiger partial charge is 0.340 e. The van der Waals surface area contributed by atoms with Crippen molar-refractivity contribution >= 4 is 11.6 Å². The van der Waals surface area contributed by atoms with Gasteiger partial charge in [-0.05, 0) is 19.9 Å². The molecule has 28 heavy (non-hydrogen) atoms. The zero-order valence-corrected chi connectivity index (χ0v) is 14.8. The number of aryl methyl sites for hydroxylation is 1. The average molecular weight is 393 g/mol. The number of fused-ring (bicyclic) bond motifs is 1. The Labute approximate surface area is 156 Å². The molecule has 2 heterocycles. The van der Waals surface area contributed by atoms with Gasteiger partial charge in [0.05, 0.1) is 17.9 Å². The van der Waals surface area contributed by atoms with Crippen molar-refractivity contribution in [2.75, 3.05) is 11.4 Å². The quantitative estimate of drug-likeness (QED) is 0.743. The first kappa shape index (κ1) is 19.3. The molecule has 1 aromatic heterocycles. The number of hydrogen-bond donors (Lipinski definition) is 0. The molecule has 2 aromatic rings. The lowest BCUT2D eigenvalue weighted by molar-refractivity contribution is -0.125. The van der Waals surface area contributed by atoms with Gasteiger partial charge in [0.1, 0.15) is 5.75 Å². The fraction of sp³-hybridized carbons (Fsp3) is 0.278. The lowest BCUT2D eigenvalue weighted by Crippen LogP contribution is -2.45. The minimum absolute atomic E-state index is 0.0212. The number of carbonyl (C=O) groups is 1. The van der Waals surface area contributed by atoms with Gasteiger partial charge in [0.25, 0.3) is 11.5 Å². The van der Waals surface area contributed by atoms with E-state index in [0.29, 0.717) is 0 Å². The third-order valence-corrected chi connectivity index (χ3v) is 4.25. The molecular formula is C18H14F3N3O4. The number of anilines is 1. The lowest BCUT2D eigenvalue weighted by Gasteiger charge is -2.32. The topological polar surface area (TPSA) is 73.5 Å². The summed E-state index contributed by atoms with van der Waals surface area (Å²) in [5, 5.41) is 0. The second-order valence-electron chi connectivity index (χ2n) is 6.05. The number of terminal acetylenes is 1. The number of amides is 1. The van der Waals surface area contributed by atoms with E-state index in [1.165, 1.54) is 6.92 Å². The summed E-state index contributed by atoms with van der Waals surface area (Å²) >= 11 is 0. The van der Waals surface area contributed by atoms with Gasteiger partial charge in [0.2, 0.25) is 0 Å². The van der Waals surface area contributed by atoms with Crippen LogP contribution in [-0.4, -0.2) is 27.7 Å². The Hall–Kier alpha value is -3.48. The molecule has 7 nitrogen and oxygen atoms in total. The second kappa shape index (κ2) is 6.92. The number of benzene rings is 1. The molecule has 1 aliphatic rings. The molecule has 0 saturated heterocycles. The molecule has 0 spiro atoms. The van der Waals surface area contributed by atoms with E-state index in [2.05, 4.69) is 5.92 Å². The predicted octanol–water partition coefficient (Wildman–Crippen LogP) is 1.59. The molecule has 146 valence electrons. The lowest BCUT2D eigenvalue weighted by atomic mass is 10.1. The van der Waals surface area contributed by atoms with Gasteiger partial charge in [-0.3, -0.25) is 14.5 Å². The summed E-state index contributed by atoms with van der Waals surface area (Å²) in [6.07, 6.45) is 4.34. The van der Waals surface area contributed by atoms with Crippen molar-refractivity contribution in [1.82, 2.24) is 9.13 Å². The third-order valence-electron chi connectivity index (χ3n) is 4.25. The van der Waals surface area contributed by atoms with E-state index in [0.717, 1.165) is 30.0 Å². The number of halogens is 3. The highest BCUT2D eigenvalue weighted by molar-refractivity contribution is 6.00. The van der Waals surface area contributed by atoms with Crippen molar-refractivity contribution in [2.45, 2.75) is 26.5 Å². The normalized spacial score (nSPS) is 16.0. The number of hydrogen-bond acceptors (Lipinski definition) is 4. The molecule has 0 radical (unpaired) electrons. The van der Waals surface area contributed by atoms with Crippen LogP contribution in [-0.2, 0) is 4.79 Å². The fourth-order valence-electron chi connectivity index (χ4n) is 2.97. The van der Waals surface area contributed by atoms with Crippen LogP contribution in [0.2, 0.25) is 0 Å². The van der Waals surface area contributed by atoms with Crippen LogP contribution in [0.5, 0.6) is 5.75 Å². The molecule has 3 rings (SSSR count). The Bertz CT molecular complexity index is 1130. The third kappa shape index (κ3) is 2.94. The van der Waals surface area contributed by atoms with Crippen LogP contribution in [0.15, 0.2) is 27.8 Å². The molecule has 0 bridgehead atoms. The molecular weight excluding hydrogens is 379 g/mol. The molecule has 1 aliphatic heterocycles. The van der Waals surface area contributed by atoms with Crippen LogP contribution >= 0.6 is 0 Å². The number of rotatable bonds is 3. The summed E-state index contributed by atoms with van der Waals surface area (Å²) < 4.78 is 46.8. The maximum Gasteiger partial charge on any atom is 0.340 e. The van der Waals surface area contributed by atoms with Gasteiger partial charge in [-0.2, -0.15) is 8.78 Å². The van der Waals surface area contributed by atoms with Crippen molar-refractivity contribution in [3.05, 3.63) is 50.5 Å². The first-order valence-electron chi connectivity index (χ1n) is 8.06. The van der Waals surface area contributed by atoms with E-state index in [4.69, 9.17) is 11.2 Å². The van der Waals surface area contributed by atoms with E-state index < -0.39 is 41.3 Å². The Morgan fingerprint density at radius 3 is 2.50 bits per heavy atom. The predicted molar refractivity (Wildman–Crippen MR) is 93.5 cm³/mol. The van der Waals surface area contributed by atoms with Gasteiger partial charge in [-0.1, -0.05) is 5.92 Å². The Morgan fingerprint density at radius 2 is 1.89 bits per heavy atom. The van der Waals surface area contributed by atoms with E-state index in [-0.39, 0.29) is 32.8 Å². The standard InChI is InChI=1S/C18H14F3N3O4/c1-4-5-22-13-8-12(11(19)7-14(13)28-10(3)16(22)26)24-15(25)6-9(2)23(17(20)21)18(24)27/h1,6-8,10,17H,5H2,2-3H3. The highest BCUT2D eigenvalue weighted by atomic mass is 19.3. The summed E-state index contributed by atoms with van der Waals surface area (Å²) in [5.41, 5.74) is -3.28. The SMILES string of the molecule is C#CCN1C(=O)C(C)Oc2cc(F)c(-n3c(=O)cc(C)n(C(F)F)c3=O)cc21. The summed E-state index contributed by atoms with van der Waals surface area (Å²) in [6, 6.07) is 2.66. The molecule has 1 amide bonds. The first-order chi connectivity index (χ1) is 13.2. The highest BCUT2D eigenvalue weighted by Crippen LogP contribution is 2.36. The van der Waals surface area contributed by atoms with Crippen molar-refractivity contribution < 1.29 is 22.7 Å². The minimum Gasteiger partial charge on any atom is -0.479 e. The second-order valence-corrected chi connectivity index (χ2v) is 6.05. The van der Waals surface area contributed by atoms with Crippen molar-refractivity contribution in [3.8, 4) is 23.8 Å². The van der Waals surface area contributed by atoms with E-state index in [1.54, 1.807) is 0 Å². The van der Waals surface area contributed by atoms with E-state index in [9.17, 15) is 27.6 Å². The maximum atomic E-state index is 14.7. The van der Waals surface area contributed by atoms with Crippen LogP contribution in [0.4, 0.5) is 18.9 Å². The molecule has 0 saturated carbocycles. The molecule has 1 atom stereocenters. The highest BCUT2D eigenvalue weighted by Gasteiger charge is 2.33. The zero-order chi connectivity index (χ0) is 20.7. The van der Waals surface area contributed by atoms with Gasteiger partial charge in [-0.25, -0.2) is 18.3 Å². The number of alkyl halides is 2. The molecule has 10 heteroatoms. The first-order valence-corrected chi connectivity index (χ1v) is 8.06. The maximum absolute atomic E-state index is 14.7. The van der Waals surface area contributed by atoms with E-state index >= 15 is 0 Å².